The van der Waals surface area contributed by atoms with Gasteiger partial charge in [-0.05, 0) is 31.2 Å². The fraction of sp³-hybridized carbons (Fsp3) is 0.435. The maximum Gasteiger partial charge on any atom is 0.264 e. The highest BCUT2D eigenvalue weighted by Crippen LogP contribution is 2.27. The quantitative estimate of drug-likeness (QED) is 0.563. The molecule has 0 amide bonds. The number of nitrogens with zero attached hydrogens (tertiary/aromatic N) is 5. The lowest BCUT2D eigenvalue weighted by molar-refractivity contribution is 0.271. The second-order valence-electron chi connectivity index (χ2n) is 7.88. The Bertz CT molecular complexity index is 1090. The van der Waals surface area contributed by atoms with Gasteiger partial charge in [-0.3, -0.25) is 4.79 Å². The Balaban J connectivity index is 1.64. The van der Waals surface area contributed by atoms with Crippen molar-refractivity contribution in [2.24, 2.45) is 7.05 Å². The molecule has 1 saturated heterocycles. The summed E-state index contributed by atoms with van der Waals surface area (Å²) >= 11 is 0. The summed E-state index contributed by atoms with van der Waals surface area (Å²) in [6.45, 7) is 8.17. The highest BCUT2D eigenvalue weighted by atomic mass is 16.3. The molecule has 8 nitrogen and oxygen atoms in total. The van der Waals surface area contributed by atoms with Gasteiger partial charge in [0, 0.05) is 57.6 Å². The molecule has 164 valence electrons. The van der Waals surface area contributed by atoms with Gasteiger partial charge in [0.2, 0.25) is 0 Å². The summed E-state index contributed by atoms with van der Waals surface area (Å²) in [6.07, 6.45) is 2.11. The molecular formula is C23H30N6O2. The molecule has 0 atom stereocenters. The van der Waals surface area contributed by atoms with E-state index in [0.717, 1.165) is 44.0 Å². The van der Waals surface area contributed by atoms with Crippen LogP contribution in [0, 0.1) is 0 Å². The average Bonchev–Trinajstić information content (AvgIpc) is 2.81. The first-order valence-corrected chi connectivity index (χ1v) is 10.9. The Morgan fingerprint density at radius 3 is 2.55 bits per heavy atom. The summed E-state index contributed by atoms with van der Waals surface area (Å²) in [5.74, 6) is 0.509. The maximum absolute atomic E-state index is 12.7. The van der Waals surface area contributed by atoms with Crippen LogP contribution in [0.15, 0.2) is 41.5 Å². The first-order valence-electron chi connectivity index (χ1n) is 10.9. The molecule has 3 heterocycles. The van der Waals surface area contributed by atoms with E-state index < -0.39 is 0 Å². The summed E-state index contributed by atoms with van der Waals surface area (Å²) in [6, 6.07) is 10.3. The second-order valence-corrected chi connectivity index (χ2v) is 7.88. The minimum atomic E-state index is -0.142. The number of hydrogen-bond donors (Lipinski definition) is 2. The average molecular weight is 423 g/mol. The monoisotopic (exact) mass is 422 g/mol. The number of pyridine rings is 1. The number of likely N-dealkylation sites (N-methyl/N-ethyl adjacent to an activating group) is 1. The molecule has 0 spiro atoms. The van der Waals surface area contributed by atoms with Crippen molar-refractivity contribution in [3.05, 3.63) is 47.0 Å². The molecule has 1 aliphatic rings. The van der Waals surface area contributed by atoms with Crippen LogP contribution in [0.25, 0.3) is 22.2 Å². The number of fused-ring (bicyclic) bond motifs is 1. The van der Waals surface area contributed by atoms with Crippen LogP contribution < -0.4 is 15.8 Å². The van der Waals surface area contributed by atoms with Crippen LogP contribution in [0.3, 0.4) is 0 Å². The molecule has 0 saturated carbocycles. The van der Waals surface area contributed by atoms with E-state index in [0.29, 0.717) is 29.7 Å². The fourth-order valence-electron chi connectivity index (χ4n) is 3.95. The SMILES string of the molecule is CCN1CCN(c2ccc(-c3cc4ncn(C)c(=O)c4c(NCCCO)n3)cc2)CC1. The van der Waals surface area contributed by atoms with E-state index in [1.54, 1.807) is 7.05 Å². The maximum atomic E-state index is 12.7. The number of benzene rings is 1. The molecule has 1 fully saturated rings. The van der Waals surface area contributed by atoms with Gasteiger partial charge in [-0.1, -0.05) is 19.1 Å². The van der Waals surface area contributed by atoms with Crippen LogP contribution in [0.5, 0.6) is 0 Å². The number of aryl methyl sites for hydroxylation is 1. The van der Waals surface area contributed by atoms with Crippen molar-refractivity contribution < 1.29 is 5.11 Å². The van der Waals surface area contributed by atoms with Gasteiger partial charge in [0.15, 0.2) is 0 Å². The summed E-state index contributed by atoms with van der Waals surface area (Å²) in [5, 5.41) is 12.8. The zero-order valence-electron chi connectivity index (χ0n) is 18.2. The van der Waals surface area contributed by atoms with E-state index in [4.69, 9.17) is 10.1 Å². The molecule has 31 heavy (non-hydrogen) atoms. The van der Waals surface area contributed by atoms with Crippen molar-refractivity contribution in [3.8, 4) is 11.3 Å². The Hall–Kier alpha value is -2.97. The molecule has 3 aromatic rings. The molecule has 1 aliphatic heterocycles. The van der Waals surface area contributed by atoms with Crippen molar-refractivity contribution in [1.29, 1.82) is 0 Å². The van der Waals surface area contributed by atoms with Crippen LogP contribution in [-0.2, 0) is 7.05 Å². The van der Waals surface area contributed by atoms with Gasteiger partial charge in [-0.2, -0.15) is 0 Å². The van der Waals surface area contributed by atoms with Gasteiger partial charge in [0.25, 0.3) is 5.56 Å². The van der Waals surface area contributed by atoms with Gasteiger partial charge >= 0.3 is 0 Å². The topological polar surface area (TPSA) is 86.5 Å². The molecular weight excluding hydrogens is 392 g/mol. The van der Waals surface area contributed by atoms with Crippen molar-refractivity contribution in [2.75, 3.05) is 56.1 Å². The zero-order chi connectivity index (χ0) is 21.8. The number of aliphatic hydroxyl groups excluding tert-OH is 1. The fourth-order valence-corrected chi connectivity index (χ4v) is 3.95. The van der Waals surface area contributed by atoms with Crippen molar-refractivity contribution in [1.82, 2.24) is 19.4 Å². The minimum Gasteiger partial charge on any atom is -0.396 e. The van der Waals surface area contributed by atoms with E-state index in [2.05, 4.69) is 51.3 Å². The van der Waals surface area contributed by atoms with Crippen LogP contribution >= 0.6 is 0 Å². The lowest BCUT2D eigenvalue weighted by Crippen LogP contribution is -2.46. The predicted octanol–water partition coefficient (Wildman–Crippen LogP) is 1.93. The third-order valence-corrected chi connectivity index (χ3v) is 5.88. The minimum absolute atomic E-state index is 0.0782. The van der Waals surface area contributed by atoms with Crippen LogP contribution in [0.4, 0.5) is 11.5 Å². The highest BCUT2D eigenvalue weighted by molar-refractivity contribution is 5.91. The van der Waals surface area contributed by atoms with E-state index in [1.165, 1.54) is 16.6 Å². The third kappa shape index (κ3) is 4.55. The number of piperazine rings is 1. The molecule has 2 N–H and O–H groups in total. The molecule has 0 radical (unpaired) electrons. The molecule has 0 unspecified atom stereocenters. The summed E-state index contributed by atoms with van der Waals surface area (Å²) < 4.78 is 1.45. The Morgan fingerprint density at radius 2 is 1.87 bits per heavy atom. The summed E-state index contributed by atoms with van der Waals surface area (Å²) in [5.41, 5.74) is 3.43. The standard InChI is InChI=1S/C23H30N6O2/c1-3-28-10-12-29(13-11-28)18-7-5-17(6-8-18)19-15-20-21(23(31)27(2)16-25-20)22(26-19)24-9-4-14-30/h5-8,15-16,30H,3-4,9-14H2,1-2H3,(H,24,26). The number of nitrogens with one attached hydrogen (secondary N) is 1. The highest BCUT2D eigenvalue weighted by Gasteiger charge is 2.17. The summed E-state index contributed by atoms with van der Waals surface area (Å²) in [4.78, 5) is 26.7. The Labute approximate surface area is 182 Å². The molecule has 8 heteroatoms. The first kappa shape index (κ1) is 21.3. The normalized spacial score (nSPS) is 14.9. The van der Waals surface area contributed by atoms with Gasteiger partial charge < -0.3 is 24.8 Å². The second kappa shape index (κ2) is 9.45. The largest absolute Gasteiger partial charge is 0.396 e. The van der Waals surface area contributed by atoms with Crippen molar-refractivity contribution >= 4 is 22.4 Å². The van der Waals surface area contributed by atoms with E-state index in [-0.39, 0.29) is 12.2 Å². The number of rotatable bonds is 7. The van der Waals surface area contributed by atoms with E-state index >= 15 is 0 Å². The van der Waals surface area contributed by atoms with Gasteiger partial charge in [0.1, 0.15) is 11.2 Å². The Morgan fingerprint density at radius 1 is 1.13 bits per heavy atom. The van der Waals surface area contributed by atoms with Crippen LogP contribution in [-0.4, -0.2) is 70.4 Å². The zero-order valence-corrected chi connectivity index (χ0v) is 18.2. The third-order valence-electron chi connectivity index (χ3n) is 5.88. The lowest BCUT2D eigenvalue weighted by atomic mass is 10.1. The van der Waals surface area contributed by atoms with E-state index in [1.807, 2.05) is 6.07 Å². The molecule has 2 aromatic heterocycles. The van der Waals surface area contributed by atoms with Gasteiger partial charge in [0.05, 0.1) is 17.5 Å². The first-order chi connectivity index (χ1) is 15.1. The van der Waals surface area contributed by atoms with E-state index in [9.17, 15) is 4.79 Å². The van der Waals surface area contributed by atoms with Crippen LogP contribution in [0.2, 0.25) is 0 Å². The van der Waals surface area contributed by atoms with Gasteiger partial charge in [-0.25, -0.2) is 9.97 Å². The van der Waals surface area contributed by atoms with Gasteiger partial charge in [-0.15, -0.1) is 0 Å². The van der Waals surface area contributed by atoms with Crippen LogP contribution in [0.1, 0.15) is 13.3 Å². The molecule has 0 aliphatic carbocycles. The van der Waals surface area contributed by atoms with Crippen molar-refractivity contribution in [3.63, 3.8) is 0 Å². The number of anilines is 2. The molecule has 0 bridgehead atoms. The smallest absolute Gasteiger partial charge is 0.264 e. The Kier molecular flexibility index (Phi) is 6.48. The number of aliphatic hydroxyl groups is 1. The summed E-state index contributed by atoms with van der Waals surface area (Å²) in [7, 11) is 1.68. The molecule has 4 rings (SSSR count). The molecule has 1 aromatic carbocycles. The number of aromatic nitrogens is 3. The van der Waals surface area contributed by atoms with Crippen molar-refractivity contribution in [2.45, 2.75) is 13.3 Å². The predicted molar refractivity (Wildman–Crippen MR) is 125 cm³/mol. The number of hydrogen-bond acceptors (Lipinski definition) is 7. The lowest BCUT2D eigenvalue weighted by Gasteiger charge is -2.35.